The monoisotopic (exact) mass is 295 g/mol. The number of carbonyl (C=O) groups is 1. The van der Waals surface area contributed by atoms with Crippen molar-refractivity contribution < 1.29 is 14.6 Å². The third-order valence-electron chi connectivity index (χ3n) is 2.56. The van der Waals surface area contributed by atoms with Gasteiger partial charge in [0.25, 0.3) is 5.91 Å². The van der Waals surface area contributed by atoms with Crippen LogP contribution in [-0.4, -0.2) is 36.4 Å². The number of hydrogen-bond donors (Lipinski definition) is 2. The van der Waals surface area contributed by atoms with E-state index in [1.54, 1.807) is 0 Å². The fourth-order valence-electron chi connectivity index (χ4n) is 1.57. The van der Waals surface area contributed by atoms with E-state index in [1.807, 2.05) is 0 Å². The maximum absolute atomic E-state index is 11.8. The van der Waals surface area contributed by atoms with Crippen LogP contribution in [-0.2, 0) is 4.74 Å². The largest absolute Gasteiger partial charge is 0.386 e. The van der Waals surface area contributed by atoms with Gasteiger partial charge >= 0.3 is 0 Å². The lowest BCUT2D eigenvalue weighted by Crippen LogP contribution is -2.43. The molecule has 94 valence electrons. The van der Waals surface area contributed by atoms with E-state index in [9.17, 15) is 9.90 Å². The molecule has 1 aromatic rings. The first-order valence-corrected chi connectivity index (χ1v) is 6.61. The Hall–Kier alpha value is -0.330. The van der Waals surface area contributed by atoms with Crippen LogP contribution in [0.25, 0.3) is 0 Å². The molecule has 1 aliphatic heterocycles. The van der Waals surface area contributed by atoms with Crippen molar-refractivity contribution in [2.24, 2.45) is 0 Å². The average Bonchev–Trinajstić information content (AvgIpc) is 2.83. The number of ether oxygens (including phenoxy) is 1. The lowest BCUT2D eigenvalue weighted by molar-refractivity contribution is 0.0265. The van der Waals surface area contributed by atoms with Crippen LogP contribution < -0.4 is 5.32 Å². The van der Waals surface area contributed by atoms with Crippen LogP contribution in [0, 0.1) is 0 Å². The molecule has 0 radical (unpaired) electrons. The molecule has 2 heterocycles. The molecular formula is C10H11Cl2NO3S. The molecule has 1 aromatic heterocycles. The third kappa shape index (κ3) is 3.11. The fourth-order valence-corrected chi connectivity index (χ4v) is 3.03. The van der Waals surface area contributed by atoms with Crippen LogP contribution in [0.4, 0.5) is 0 Å². The molecule has 1 fully saturated rings. The number of thiophene rings is 1. The smallest absolute Gasteiger partial charge is 0.253 e. The summed E-state index contributed by atoms with van der Waals surface area (Å²) in [5.74, 6) is -0.335. The highest BCUT2D eigenvalue weighted by molar-refractivity contribution is 7.20. The fraction of sp³-hybridized carbons (Fsp3) is 0.500. The maximum atomic E-state index is 11.8. The van der Waals surface area contributed by atoms with E-state index < -0.39 is 5.60 Å². The minimum absolute atomic E-state index is 0.148. The quantitative estimate of drug-likeness (QED) is 0.896. The Morgan fingerprint density at radius 1 is 1.65 bits per heavy atom. The first-order chi connectivity index (χ1) is 8.00. The van der Waals surface area contributed by atoms with Crippen LogP contribution in [0.2, 0.25) is 8.67 Å². The van der Waals surface area contributed by atoms with Crippen molar-refractivity contribution >= 4 is 40.4 Å². The predicted octanol–water partition coefficient (Wildman–Crippen LogP) is 1.94. The highest BCUT2D eigenvalue weighted by Gasteiger charge is 2.32. The molecule has 0 spiro atoms. The summed E-state index contributed by atoms with van der Waals surface area (Å²) in [4.78, 5) is 11.8. The van der Waals surface area contributed by atoms with Gasteiger partial charge in [0.15, 0.2) is 0 Å². The number of hydrogen-bond acceptors (Lipinski definition) is 4. The number of nitrogens with one attached hydrogen (secondary N) is 1. The first kappa shape index (κ1) is 13.1. The number of carbonyl (C=O) groups excluding carboxylic acids is 1. The molecule has 0 aromatic carbocycles. The van der Waals surface area contributed by atoms with Crippen LogP contribution in [0.1, 0.15) is 16.8 Å². The van der Waals surface area contributed by atoms with Gasteiger partial charge in [0.05, 0.1) is 16.5 Å². The Kier molecular flexibility index (Phi) is 3.95. The third-order valence-corrected chi connectivity index (χ3v) is 4.05. The van der Waals surface area contributed by atoms with Crippen molar-refractivity contribution in [3.63, 3.8) is 0 Å². The zero-order chi connectivity index (χ0) is 12.5. The normalized spacial score (nSPS) is 23.9. The molecule has 17 heavy (non-hydrogen) atoms. The number of rotatable bonds is 3. The van der Waals surface area contributed by atoms with Crippen LogP contribution in [0.15, 0.2) is 6.07 Å². The second kappa shape index (κ2) is 5.12. The molecule has 1 unspecified atom stereocenters. The summed E-state index contributed by atoms with van der Waals surface area (Å²) in [6.07, 6.45) is 0.519. The summed E-state index contributed by atoms with van der Waals surface area (Å²) >= 11 is 12.7. The zero-order valence-electron chi connectivity index (χ0n) is 8.83. The van der Waals surface area contributed by atoms with Crippen molar-refractivity contribution in [2.75, 3.05) is 19.8 Å². The summed E-state index contributed by atoms with van der Waals surface area (Å²) < 4.78 is 5.89. The number of aliphatic hydroxyl groups is 1. The summed E-state index contributed by atoms with van der Waals surface area (Å²) in [5, 5.41) is 12.6. The Morgan fingerprint density at radius 3 is 2.94 bits per heavy atom. The van der Waals surface area contributed by atoms with Crippen molar-refractivity contribution in [3.8, 4) is 0 Å². The SMILES string of the molecule is O=C(NCC1(O)CCOC1)c1cc(Cl)sc1Cl. The van der Waals surface area contributed by atoms with Gasteiger partial charge in [0.1, 0.15) is 9.94 Å². The topological polar surface area (TPSA) is 58.6 Å². The van der Waals surface area contributed by atoms with Crippen molar-refractivity contribution in [2.45, 2.75) is 12.0 Å². The molecule has 1 aliphatic rings. The molecule has 0 aliphatic carbocycles. The number of amides is 1. The van der Waals surface area contributed by atoms with Crippen molar-refractivity contribution in [1.29, 1.82) is 0 Å². The van der Waals surface area contributed by atoms with Crippen LogP contribution in [0.5, 0.6) is 0 Å². The van der Waals surface area contributed by atoms with E-state index in [1.165, 1.54) is 6.07 Å². The second-order valence-corrected chi connectivity index (χ2v) is 6.23. The van der Waals surface area contributed by atoms with Gasteiger partial charge in [-0.2, -0.15) is 0 Å². The highest BCUT2D eigenvalue weighted by atomic mass is 35.5. The van der Waals surface area contributed by atoms with E-state index in [0.29, 0.717) is 27.3 Å². The summed E-state index contributed by atoms with van der Waals surface area (Å²) in [6, 6.07) is 1.51. The molecule has 0 bridgehead atoms. The molecule has 7 heteroatoms. The van der Waals surface area contributed by atoms with Gasteiger partial charge in [0, 0.05) is 19.6 Å². The first-order valence-electron chi connectivity index (χ1n) is 5.03. The molecule has 2 N–H and O–H groups in total. The minimum Gasteiger partial charge on any atom is -0.386 e. The lowest BCUT2D eigenvalue weighted by Gasteiger charge is -2.20. The minimum atomic E-state index is -0.970. The van der Waals surface area contributed by atoms with E-state index in [2.05, 4.69) is 5.32 Å². The molecule has 4 nitrogen and oxygen atoms in total. The summed E-state index contributed by atoms with van der Waals surface area (Å²) in [5.41, 5.74) is -0.633. The van der Waals surface area contributed by atoms with Crippen molar-refractivity contribution in [3.05, 3.63) is 20.3 Å². The predicted molar refractivity (Wildman–Crippen MR) is 67.1 cm³/mol. The standard InChI is InChI=1S/C10H11Cl2NO3S/c11-7-3-6(8(12)17-7)9(14)13-4-10(15)1-2-16-5-10/h3,15H,1-2,4-5H2,(H,13,14). The highest BCUT2D eigenvalue weighted by Crippen LogP contribution is 2.31. The van der Waals surface area contributed by atoms with E-state index in [-0.39, 0.29) is 19.1 Å². The van der Waals surface area contributed by atoms with E-state index >= 15 is 0 Å². The summed E-state index contributed by atoms with van der Waals surface area (Å²) in [7, 11) is 0. The van der Waals surface area contributed by atoms with Gasteiger partial charge < -0.3 is 15.2 Å². The van der Waals surface area contributed by atoms with Gasteiger partial charge in [-0.15, -0.1) is 11.3 Å². The average molecular weight is 296 g/mol. The lowest BCUT2D eigenvalue weighted by atomic mass is 10.0. The van der Waals surface area contributed by atoms with Gasteiger partial charge in [-0.25, -0.2) is 0 Å². The summed E-state index contributed by atoms with van der Waals surface area (Å²) in [6.45, 7) is 0.901. The van der Waals surface area contributed by atoms with Gasteiger partial charge in [-0.1, -0.05) is 23.2 Å². The number of halogens is 2. The van der Waals surface area contributed by atoms with E-state index in [0.717, 1.165) is 11.3 Å². The Balaban J connectivity index is 1.95. The van der Waals surface area contributed by atoms with Crippen LogP contribution >= 0.6 is 34.5 Å². The van der Waals surface area contributed by atoms with Crippen molar-refractivity contribution in [1.82, 2.24) is 5.32 Å². The van der Waals surface area contributed by atoms with Gasteiger partial charge in [-0.3, -0.25) is 4.79 Å². The molecule has 0 saturated carbocycles. The maximum Gasteiger partial charge on any atom is 0.253 e. The molecule has 1 amide bonds. The van der Waals surface area contributed by atoms with Gasteiger partial charge in [-0.05, 0) is 6.07 Å². The van der Waals surface area contributed by atoms with Gasteiger partial charge in [0.2, 0.25) is 0 Å². The van der Waals surface area contributed by atoms with E-state index in [4.69, 9.17) is 27.9 Å². The zero-order valence-corrected chi connectivity index (χ0v) is 11.2. The Bertz CT molecular complexity index is 429. The molecule has 1 atom stereocenters. The second-order valence-electron chi connectivity index (χ2n) is 3.95. The van der Waals surface area contributed by atoms with Crippen LogP contribution in [0.3, 0.4) is 0 Å². The molecule has 1 saturated heterocycles. The Labute approximate surface area is 112 Å². The molecule has 2 rings (SSSR count). The molecular weight excluding hydrogens is 285 g/mol. The Morgan fingerprint density at radius 2 is 2.41 bits per heavy atom.